The Morgan fingerprint density at radius 2 is 1.85 bits per heavy atom. The van der Waals surface area contributed by atoms with Crippen LogP contribution in [0.1, 0.15) is 39.5 Å². The van der Waals surface area contributed by atoms with Gasteiger partial charge in [-0.3, -0.25) is 0 Å². The van der Waals surface area contributed by atoms with Crippen LogP contribution < -0.4 is 11.5 Å². The number of hydrogen-bond donors (Lipinski definition) is 2. The third-order valence-electron chi connectivity index (χ3n) is 2.21. The Kier molecular flexibility index (Phi) is 7.41. The second-order valence-corrected chi connectivity index (χ2v) is 3.44. The van der Waals surface area contributed by atoms with E-state index in [2.05, 4.69) is 0 Å². The fourth-order valence-electron chi connectivity index (χ4n) is 1.21. The van der Waals surface area contributed by atoms with Crippen molar-refractivity contribution in [2.24, 2.45) is 11.5 Å². The highest BCUT2D eigenvalue weighted by Crippen LogP contribution is 2.14. The van der Waals surface area contributed by atoms with Gasteiger partial charge in [0, 0.05) is 6.04 Å². The smallest absolute Gasteiger partial charge is 0.00388 e. The molecule has 4 N–H and O–H groups in total. The highest BCUT2D eigenvalue weighted by atomic mass is 14.6. The highest BCUT2D eigenvalue weighted by Gasteiger charge is 2.07. The van der Waals surface area contributed by atoms with E-state index in [0.29, 0.717) is 6.04 Å². The lowest BCUT2D eigenvalue weighted by molar-refractivity contribution is 0.704. The molecule has 76 valence electrons. The van der Waals surface area contributed by atoms with Gasteiger partial charge in [-0.05, 0) is 39.0 Å². The zero-order valence-corrected chi connectivity index (χ0v) is 8.79. The minimum atomic E-state index is 0.546. The standard InChI is InChI=1S/C6H11N.C5H11N/c1-3-6(2)4-5-7;6-5-3-1-2-4-5/h3-5H,7H2,1-2H3;5H,1-4,6H2/b5-4-,6-3-;. The lowest BCUT2D eigenvalue weighted by Crippen LogP contribution is -2.13. The van der Waals surface area contributed by atoms with E-state index in [1.165, 1.54) is 37.5 Å². The van der Waals surface area contributed by atoms with Crippen LogP contribution in [0.4, 0.5) is 0 Å². The lowest BCUT2D eigenvalue weighted by atomic mass is 10.3. The van der Waals surface area contributed by atoms with Crippen molar-refractivity contribution in [3.8, 4) is 0 Å². The van der Waals surface area contributed by atoms with Gasteiger partial charge in [-0.2, -0.15) is 0 Å². The third kappa shape index (κ3) is 7.60. The van der Waals surface area contributed by atoms with E-state index >= 15 is 0 Å². The fourth-order valence-corrected chi connectivity index (χ4v) is 1.21. The second kappa shape index (κ2) is 7.87. The summed E-state index contributed by atoms with van der Waals surface area (Å²) in [6.07, 6.45) is 10.7. The molecule has 2 heteroatoms. The van der Waals surface area contributed by atoms with E-state index in [1.54, 1.807) is 0 Å². The first-order valence-electron chi connectivity index (χ1n) is 4.97. The first kappa shape index (κ1) is 12.2. The Bertz CT molecular complexity index is 165. The van der Waals surface area contributed by atoms with Gasteiger partial charge in [0.2, 0.25) is 0 Å². The molecule has 0 atom stereocenters. The Balaban J connectivity index is 0.000000223. The van der Waals surface area contributed by atoms with E-state index in [-0.39, 0.29) is 0 Å². The van der Waals surface area contributed by atoms with Crippen LogP contribution in [0.5, 0.6) is 0 Å². The predicted molar refractivity (Wildman–Crippen MR) is 59.2 cm³/mol. The van der Waals surface area contributed by atoms with Gasteiger partial charge in [-0.15, -0.1) is 0 Å². The molecular weight excluding hydrogens is 160 g/mol. The maximum absolute atomic E-state index is 5.53. The summed E-state index contributed by atoms with van der Waals surface area (Å²) in [7, 11) is 0. The maximum atomic E-state index is 5.53. The molecule has 0 bridgehead atoms. The molecule has 0 unspecified atom stereocenters. The van der Waals surface area contributed by atoms with Crippen molar-refractivity contribution in [1.82, 2.24) is 0 Å². The van der Waals surface area contributed by atoms with Gasteiger partial charge in [0.15, 0.2) is 0 Å². The molecule has 1 aliphatic rings. The van der Waals surface area contributed by atoms with Crippen molar-refractivity contribution >= 4 is 0 Å². The van der Waals surface area contributed by atoms with Gasteiger partial charge in [0.1, 0.15) is 0 Å². The molecule has 0 heterocycles. The van der Waals surface area contributed by atoms with E-state index in [4.69, 9.17) is 11.5 Å². The van der Waals surface area contributed by atoms with Crippen LogP contribution in [-0.2, 0) is 0 Å². The summed E-state index contributed by atoms with van der Waals surface area (Å²) >= 11 is 0. The second-order valence-electron chi connectivity index (χ2n) is 3.44. The zero-order chi connectivity index (χ0) is 10.1. The van der Waals surface area contributed by atoms with Gasteiger partial charge in [-0.1, -0.05) is 24.5 Å². The minimum Gasteiger partial charge on any atom is -0.405 e. The van der Waals surface area contributed by atoms with Crippen LogP contribution in [0.3, 0.4) is 0 Å². The van der Waals surface area contributed by atoms with Gasteiger partial charge in [-0.25, -0.2) is 0 Å². The Labute approximate surface area is 81.7 Å². The number of rotatable bonds is 1. The fraction of sp³-hybridized carbons (Fsp3) is 0.636. The largest absolute Gasteiger partial charge is 0.405 e. The Morgan fingerprint density at radius 3 is 2.00 bits per heavy atom. The number of allylic oxidation sites excluding steroid dienone is 3. The van der Waals surface area contributed by atoms with E-state index in [1.807, 2.05) is 26.0 Å². The molecule has 0 aromatic rings. The van der Waals surface area contributed by atoms with Crippen LogP contribution >= 0.6 is 0 Å². The monoisotopic (exact) mass is 182 g/mol. The molecule has 0 saturated heterocycles. The van der Waals surface area contributed by atoms with Crippen molar-refractivity contribution in [3.63, 3.8) is 0 Å². The number of hydrogen-bond acceptors (Lipinski definition) is 2. The van der Waals surface area contributed by atoms with Crippen molar-refractivity contribution < 1.29 is 0 Å². The summed E-state index contributed by atoms with van der Waals surface area (Å²) in [6.45, 7) is 3.98. The molecule has 0 spiro atoms. The number of nitrogens with two attached hydrogens (primary N) is 2. The summed E-state index contributed by atoms with van der Waals surface area (Å²) in [5, 5.41) is 0. The van der Waals surface area contributed by atoms with Gasteiger partial charge in [0.05, 0.1) is 0 Å². The van der Waals surface area contributed by atoms with Gasteiger partial charge in [0.25, 0.3) is 0 Å². The molecule has 1 saturated carbocycles. The van der Waals surface area contributed by atoms with Crippen LogP contribution in [0.15, 0.2) is 23.9 Å². The first-order chi connectivity index (χ1) is 6.20. The Hall–Kier alpha value is -0.760. The van der Waals surface area contributed by atoms with Crippen molar-refractivity contribution in [3.05, 3.63) is 23.9 Å². The predicted octanol–water partition coefficient (Wildman–Crippen LogP) is 2.31. The first-order valence-corrected chi connectivity index (χ1v) is 4.97. The van der Waals surface area contributed by atoms with E-state index in [0.717, 1.165) is 0 Å². The molecule has 1 rings (SSSR count). The molecule has 13 heavy (non-hydrogen) atoms. The summed E-state index contributed by atoms with van der Waals surface area (Å²) in [5.41, 5.74) is 11.8. The SMILES string of the molecule is C/C=C(C)\C=C/N.NC1CCCC1. The average molecular weight is 182 g/mol. The summed E-state index contributed by atoms with van der Waals surface area (Å²) < 4.78 is 0. The normalized spacial score (nSPS) is 18.8. The van der Waals surface area contributed by atoms with Crippen LogP contribution in [0.25, 0.3) is 0 Å². The third-order valence-corrected chi connectivity index (χ3v) is 2.21. The lowest BCUT2D eigenvalue weighted by Gasteiger charge is -1.92. The molecule has 1 aliphatic carbocycles. The summed E-state index contributed by atoms with van der Waals surface area (Å²) in [4.78, 5) is 0. The van der Waals surface area contributed by atoms with Crippen LogP contribution in [0.2, 0.25) is 0 Å². The van der Waals surface area contributed by atoms with E-state index < -0.39 is 0 Å². The molecule has 0 aromatic carbocycles. The molecule has 0 aliphatic heterocycles. The zero-order valence-electron chi connectivity index (χ0n) is 8.79. The molecule has 2 nitrogen and oxygen atoms in total. The summed E-state index contributed by atoms with van der Waals surface area (Å²) in [5.74, 6) is 0. The van der Waals surface area contributed by atoms with Crippen molar-refractivity contribution in [2.75, 3.05) is 0 Å². The van der Waals surface area contributed by atoms with Crippen molar-refractivity contribution in [2.45, 2.75) is 45.6 Å². The molecule has 0 radical (unpaired) electrons. The molecule has 0 amide bonds. The summed E-state index contributed by atoms with van der Waals surface area (Å²) in [6, 6.07) is 0.546. The molecule has 1 fully saturated rings. The topological polar surface area (TPSA) is 52.0 Å². The average Bonchev–Trinajstić information content (AvgIpc) is 2.57. The quantitative estimate of drug-likeness (QED) is 0.611. The van der Waals surface area contributed by atoms with Crippen LogP contribution in [-0.4, -0.2) is 6.04 Å². The van der Waals surface area contributed by atoms with Gasteiger partial charge < -0.3 is 11.5 Å². The molecular formula is C11H22N2. The minimum absolute atomic E-state index is 0.546. The van der Waals surface area contributed by atoms with Crippen LogP contribution in [0, 0.1) is 0 Å². The molecule has 0 aromatic heterocycles. The maximum Gasteiger partial charge on any atom is 0.00388 e. The highest BCUT2D eigenvalue weighted by molar-refractivity contribution is 5.13. The van der Waals surface area contributed by atoms with E-state index in [9.17, 15) is 0 Å². The Morgan fingerprint density at radius 1 is 1.31 bits per heavy atom. The van der Waals surface area contributed by atoms with Crippen molar-refractivity contribution in [1.29, 1.82) is 0 Å². The van der Waals surface area contributed by atoms with Gasteiger partial charge >= 0.3 is 0 Å².